The zero-order valence-electron chi connectivity index (χ0n) is 18.2. The highest BCUT2D eigenvalue weighted by Crippen LogP contribution is 2.32. The summed E-state index contributed by atoms with van der Waals surface area (Å²) in [4.78, 5) is 30.1. The number of hydrogen-bond acceptors (Lipinski definition) is 6. The second-order valence-corrected chi connectivity index (χ2v) is 10.3. The van der Waals surface area contributed by atoms with E-state index in [0.29, 0.717) is 22.7 Å². The van der Waals surface area contributed by atoms with Crippen LogP contribution in [0, 0.1) is 0 Å². The Balaban J connectivity index is 2.06. The summed E-state index contributed by atoms with van der Waals surface area (Å²) in [6.45, 7) is 4.75. The third-order valence-corrected chi connectivity index (χ3v) is 6.56. The highest BCUT2D eigenvalue weighted by atomic mass is 32.2. The van der Waals surface area contributed by atoms with Crippen molar-refractivity contribution in [3.05, 3.63) is 63.3 Å². The van der Waals surface area contributed by atoms with Crippen molar-refractivity contribution in [1.29, 1.82) is 0 Å². The Morgan fingerprint density at radius 2 is 1.84 bits per heavy atom. The molecule has 3 aromatic rings. The number of sulfonamides is 1. The van der Waals surface area contributed by atoms with E-state index in [9.17, 15) is 18.0 Å². The number of amides is 1. The summed E-state index contributed by atoms with van der Waals surface area (Å²) in [7, 11) is -3.83. The standard InChI is InChI=1S/C23H26N2O5S2/c1-4-6-13-30-16-9-7-15(8-10-16)19-14-18(20-12-11-17(5-2)31-20)21(22(26)24-19)23(27)25-32(3,28)29/h7-12,14H,4-6,13H2,1-3H3,(H,24,26)(H,25,27). The van der Waals surface area contributed by atoms with Crippen LogP contribution in [0.3, 0.4) is 0 Å². The molecule has 0 aliphatic heterocycles. The number of aromatic amines is 1. The van der Waals surface area contributed by atoms with Crippen LogP contribution in [0.25, 0.3) is 21.7 Å². The normalized spacial score (nSPS) is 11.3. The number of ether oxygens (including phenoxy) is 1. The molecule has 170 valence electrons. The number of pyridine rings is 1. The van der Waals surface area contributed by atoms with E-state index in [1.165, 1.54) is 11.3 Å². The Morgan fingerprint density at radius 1 is 1.12 bits per heavy atom. The van der Waals surface area contributed by atoms with Gasteiger partial charge in [-0.25, -0.2) is 13.1 Å². The minimum absolute atomic E-state index is 0.233. The summed E-state index contributed by atoms with van der Waals surface area (Å²) in [6, 6.07) is 12.8. The Kier molecular flexibility index (Phi) is 7.52. The van der Waals surface area contributed by atoms with Gasteiger partial charge in [0.05, 0.1) is 12.9 Å². The Morgan fingerprint density at radius 3 is 2.44 bits per heavy atom. The number of benzene rings is 1. The fourth-order valence-corrected chi connectivity index (χ4v) is 4.54. The minimum atomic E-state index is -3.83. The van der Waals surface area contributed by atoms with Crippen LogP contribution in [-0.2, 0) is 16.4 Å². The van der Waals surface area contributed by atoms with Crippen LogP contribution in [0.15, 0.2) is 47.3 Å². The molecule has 32 heavy (non-hydrogen) atoms. The van der Waals surface area contributed by atoms with Gasteiger partial charge in [0.15, 0.2) is 0 Å². The van der Waals surface area contributed by atoms with E-state index in [2.05, 4.69) is 11.9 Å². The van der Waals surface area contributed by atoms with Gasteiger partial charge in [-0.1, -0.05) is 20.3 Å². The fourth-order valence-electron chi connectivity index (χ4n) is 3.13. The van der Waals surface area contributed by atoms with Crippen molar-refractivity contribution in [1.82, 2.24) is 9.71 Å². The van der Waals surface area contributed by atoms with Crippen molar-refractivity contribution in [3.8, 4) is 27.4 Å². The third kappa shape index (κ3) is 5.86. The Bertz CT molecular complexity index is 1260. The summed E-state index contributed by atoms with van der Waals surface area (Å²) < 4.78 is 30.8. The van der Waals surface area contributed by atoms with Gasteiger partial charge in [0.2, 0.25) is 10.0 Å². The van der Waals surface area contributed by atoms with E-state index in [1.54, 1.807) is 6.07 Å². The number of carbonyl (C=O) groups excluding carboxylic acids is 1. The Labute approximate surface area is 191 Å². The molecule has 0 aliphatic rings. The molecule has 9 heteroatoms. The first-order valence-corrected chi connectivity index (χ1v) is 13.0. The molecule has 0 saturated heterocycles. The quantitative estimate of drug-likeness (QED) is 0.452. The van der Waals surface area contributed by atoms with E-state index < -0.39 is 21.5 Å². The maximum atomic E-state index is 12.9. The number of aromatic nitrogens is 1. The largest absolute Gasteiger partial charge is 0.494 e. The summed E-state index contributed by atoms with van der Waals surface area (Å²) in [5, 5.41) is 0. The topological polar surface area (TPSA) is 105 Å². The molecule has 0 fully saturated rings. The zero-order chi connectivity index (χ0) is 23.3. The van der Waals surface area contributed by atoms with Crippen LogP contribution in [0.1, 0.15) is 41.9 Å². The first-order chi connectivity index (χ1) is 15.2. The lowest BCUT2D eigenvalue weighted by molar-refractivity contribution is 0.0981. The average Bonchev–Trinajstić information content (AvgIpc) is 3.22. The van der Waals surface area contributed by atoms with Gasteiger partial charge in [-0.15, -0.1) is 11.3 Å². The lowest BCUT2D eigenvalue weighted by Crippen LogP contribution is -2.34. The number of carbonyl (C=O) groups is 1. The molecule has 0 radical (unpaired) electrons. The molecule has 1 amide bonds. The predicted octanol–water partition coefficient (Wildman–Crippen LogP) is 4.20. The van der Waals surface area contributed by atoms with Crippen molar-refractivity contribution in [2.45, 2.75) is 33.1 Å². The SMILES string of the molecule is CCCCOc1ccc(-c2cc(-c3ccc(CC)s3)c(C(=O)NS(C)(=O)=O)c(=O)[nH]2)cc1. The summed E-state index contributed by atoms with van der Waals surface area (Å²) >= 11 is 1.46. The predicted molar refractivity (Wildman–Crippen MR) is 128 cm³/mol. The first kappa shape index (κ1) is 23.7. The third-order valence-electron chi connectivity index (χ3n) is 4.75. The van der Waals surface area contributed by atoms with E-state index in [4.69, 9.17) is 4.74 Å². The number of rotatable bonds is 9. The van der Waals surface area contributed by atoms with Crippen molar-refractivity contribution < 1.29 is 17.9 Å². The van der Waals surface area contributed by atoms with Gasteiger partial charge in [0, 0.05) is 21.0 Å². The van der Waals surface area contributed by atoms with Crippen LogP contribution >= 0.6 is 11.3 Å². The molecule has 1 aromatic carbocycles. The smallest absolute Gasteiger partial charge is 0.270 e. The monoisotopic (exact) mass is 474 g/mol. The lowest BCUT2D eigenvalue weighted by atomic mass is 10.0. The van der Waals surface area contributed by atoms with Crippen LogP contribution in [0.2, 0.25) is 0 Å². The van der Waals surface area contributed by atoms with Crippen molar-refractivity contribution in [2.24, 2.45) is 0 Å². The van der Waals surface area contributed by atoms with Crippen molar-refractivity contribution in [3.63, 3.8) is 0 Å². The molecule has 0 aliphatic carbocycles. The molecule has 0 spiro atoms. The molecule has 0 bridgehead atoms. The molecule has 0 saturated carbocycles. The molecule has 2 heterocycles. The Hall–Kier alpha value is -2.91. The molecular formula is C23H26N2O5S2. The van der Waals surface area contributed by atoms with Gasteiger partial charge in [-0.05, 0) is 60.9 Å². The van der Waals surface area contributed by atoms with E-state index in [1.807, 2.05) is 48.0 Å². The first-order valence-electron chi connectivity index (χ1n) is 10.3. The number of H-pyrrole nitrogens is 1. The second kappa shape index (κ2) is 10.1. The average molecular weight is 475 g/mol. The van der Waals surface area contributed by atoms with Gasteiger partial charge >= 0.3 is 0 Å². The molecule has 0 unspecified atom stereocenters. The number of aryl methyl sites for hydroxylation is 1. The van der Waals surface area contributed by atoms with Gasteiger partial charge in [0.1, 0.15) is 11.3 Å². The van der Waals surface area contributed by atoms with Crippen LogP contribution in [-0.4, -0.2) is 32.2 Å². The molecular weight excluding hydrogens is 448 g/mol. The second-order valence-electron chi connectivity index (χ2n) is 7.35. The molecule has 2 N–H and O–H groups in total. The van der Waals surface area contributed by atoms with E-state index in [-0.39, 0.29) is 5.56 Å². The van der Waals surface area contributed by atoms with Gasteiger partial charge in [-0.3, -0.25) is 9.59 Å². The van der Waals surface area contributed by atoms with Crippen LogP contribution in [0.5, 0.6) is 5.75 Å². The maximum absolute atomic E-state index is 12.9. The summed E-state index contributed by atoms with van der Waals surface area (Å²) in [5.41, 5.74) is 0.760. The van der Waals surface area contributed by atoms with Crippen LogP contribution < -0.4 is 15.0 Å². The van der Waals surface area contributed by atoms with Crippen molar-refractivity contribution >= 4 is 27.3 Å². The maximum Gasteiger partial charge on any atom is 0.270 e. The molecule has 7 nitrogen and oxygen atoms in total. The number of nitrogens with one attached hydrogen (secondary N) is 2. The van der Waals surface area contributed by atoms with Crippen molar-refractivity contribution in [2.75, 3.05) is 12.9 Å². The molecule has 0 atom stereocenters. The zero-order valence-corrected chi connectivity index (χ0v) is 19.9. The highest BCUT2D eigenvalue weighted by Gasteiger charge is 2.22. The molecule has 2 aromatic heterocycles. The van der Waals surface area contributed by atoms with Crippen LogP contribution in [0.4, 0.5) is 0 Å². The minimum Gasteiger partial charge on any atom is -0.494 e. The fraction of sp³-hybridized carbons (Fsp3) is 0.304. The molecule has 3 rings (SSSR count). The lowest BCUT2D eigenvalue weighted by Gasteiger charge is -2.11. The van der Waals surface area contributed by atoms with Gasteiger partial charge in [0.25, 0.3) is 11.5 Å². The number of hydrogen-bond donors (Lipinski definition) is 2. The summed E-state index contributed by atoms with van der Waals surface area (Å²) in [5.74, 6) is -0.221. The highest BCUT2D eigenvalue weighted by molar-refractivity contribution is 7.89. The number of unbranched alkanes of at least 4 members (excludes halogenated alkanes) is 1. The number of thiophene rings is 1. The van der Waals surface area contributed by atoms with Gasteiger partial charge in [-0.2, -0.15) is 0 Å². The van der Waals surface area contributed by atoms with E-state index >= 15 is 0 Å². The summed E-state index contributed by atoms with van der Waals surface area (Å²) in [6.07, 6.45) is 3.70. The van der Waals surface area contributed by atoms with E-state index in [0.717, 1.165) is 41.7 Å². The van der Waals surface area contributed by atoms with Gasteiger partial charge < -0.3 is 9.72 Å².